The number of benzene rings is 2. The molecule has 122 valence electrons. The lowest BCUT2D eigenvalue weighted by Crippen LogP contribution is -2.35. The van der Waals surface area contributed by atoms with Crippen molar-refractivity contribution in [3.05, 3.63) is 64.9 Å². The van der Waals surface area contributed by atoms with Crippen molar-refractivity contribution in [1.29, 1.82) is 0 Å². The van der Waals surface area contributed by atoms with Gasteiger partial charge >= 0.3 is 0 Å². The summed E-state index contributed by atoms with van der Waals surface area (Å²) in [7, 11) is 0. The molecule has 1 aliphatic rings. The van der Waals surface area contributed by atoms with Gasteiger partial charge < -0.3 is 9.88 Å². The molecule has 0 spiro atoms. The molecule has 2 aromatic carbocycles. The van der Waals surface area contributed by atoms with Gasteiger partial charge in [-0.1, -0.05) is 35.9 Å². The van der Waals surface area contributed by atoms with Crippen LogP contribution in [0, 0.1) is 5.92 Å². The highest BCUT2D eigenvalue weighted by atomic mass is 35.5. The molecule has 0 saturated carbocycles. The minimum Gasteiger partial charge on any atom is -0.352 e. The Labute approximate surface area is 145 Å². The van der Waals surface area contributed by atoms with Crippen molar-refractivity contribution in [3.63, 3.8) is 0 Å². The lowest BCUT2D eigenvalue weighted by atomic mass is 9.96. The van der Waals surface area contributed by atoms with Gasteiger partial charge in [-0.05, 0) is 36.2 Å². The van der Waals surface area contributed by atoms with Crippen molar-refractivity contribution in [2.75, 3.05) is 0 Å². The van der Waals surface area contributed by atoms with E-state index in [2.05, 4.69) is 20.9 Å². The van der Waals surface area contributed by atoms with E-state index >= 15 is 0 Å². The fourth-order valence-electron chi connectivity index (χ4n) is 3.34. The maximum absolute atomic E-state index is 12.5. The molecular formula is C19H18ClN3O. The number of carbonyl (C=O) groups excluding carboxylic acids is 1. The Balaban J connectivity index is 1.45. The third-order valence-corrected chi connectivity index (χ3v) is 4.83. The molecule has 0 unspecified atom stereocenters. The van der Waals surface area contributed by atoms with Crippen molar-refractivity contribution in [2.45, 2.75) is 25.9 Å². The van der Waals surface area contributed by atoms with Crippen LogP contribution in [-0.4, -0.2) is 15.5 Å². The van der Waals surface area contributed by atoms with E-state index in [-0.39, 0.29) is 11.8 Å². The molecule has 5 heteroatoms. The predicted octanol–water partition coefficient (Wildman–Crippen LogP) is 3.57. The second-order valence-electron chi connectivity index (χ2n) is 6.21. The maximum atomic E-state index is 12.5. The third kappa shape index (κ3) is 2.89. The van der Waals surface area contributed by atoms with Crippen LogP contribution in [0.25, 0.3) is 11.0 Å². The van der Waals surface area contributed by atoms with E-state index in [1.165, 1.54) is 0 Å². The van der Waals surface area contributed by atoms with Gasteiger partial charge in [0.1, 0.15) is 5.82 Å². The smallest absolute Gasteiger partial charge is 0.223 e. The number of fused-ring (bicyclic) bond motifs is 3. The number of rotatable bonds is 3. The van der Waals surface area contributed by atoms with Crippen LogP contribution in [-0.2, 0) is 24.3 Å². The number of aryl methyl sites for hydroxylation is 1. The van der Waals surface area contributed by atoms with Gasteiger partial charge in [0.15, 0.2) is 0 Å². The Morgan fingerprint density at radius 1 is 1.25 bits per heavy atom. The lowest BCUT2D eigenvalue weighted by Gasteiger charge is -2.23. The first-order valence-electron chi connectivity index (χ1n) is 8.17. The van der Waals surface area contributed by atoms with Crippen LogP contribution in [0.2, 0.25) is 5.02 Å². The van der Waals surface area contributed by atoms with Crippen molar-refractivity contribution in [1.82, 2.24) is 14.9 Å². The van der Waals surface area contributed by atoms with E-state index in [0.717, 1.165) is 35.4 Å². The third-order valence-electron chi connectivity index (χ3n) is 4.59. The van der Waals surface area contributed by atoms with Gasteiger partial charge in [-0.2, -0.15) is 0 Å². The van der Waals surface area contributed by atoms with E-state index in [0.29, 0.717) is 18.0 Å². The second-order valence-corrected chi connectivity index (χ2v) is 6.64. The molecule has 1 atom stereocenters. The number of amides is 1. The molecule has 1 aliphatic heterocycles. The monoisotopic (exact) mass is 339 g/mol. The molecule has 24 heavy (non-hydrogen) atoms. The highest BCUT2D eigenvalue weighted by Gasteiger charge is 2.26. The van der Waals surface area contributed by atoms with Crippen LogP contribution in [0.5, 0.6) is 0 Å². The molecular weight excluding hydrogens is 322 g/mol. The van der Waals surface area contributed by atoms with E-state index < -0.39 is 0 Å². The summed E-state index contributed by atoms with van der Waals surface area (Å²) in [5.41, 5.74) is 3.18. The summed E-state index contributed by atoms with van der Waals surface area (Å²) in [5, 5.41) is 3.71. The highest BCUT2D eigenvalue weighted by molar-refractivity contribution is 6.30. The molecule has 0 aliphatic carbocycles. The Morgan fingerprint density at radius 3 is 3.00 bits per heavy atom. The summed E-state index contributed by atoms with van der Waals surface area (Å²) in [5.74, 6) is 1.08. The molecule has 3 aromatic rings. The zero-order valence-corrected chi connectivity index (χ0v) is 14.0. The zero-order valence-electron chi connectivity index (χ0n) is 13.2. The summed E-state index contributed by atoms with van der Waals surface area (Å²) in [6.45, 7) is 1.34. The topological polar surface area (TPSA) is 46.9 Å². The summed E-state index contributed by atoms with van der Waals surface area (Å²) in [6.07, 6.45) is 1.53. The molecule has 1 amide bonds. The van der Waals surface area contributed by atoms with Crippen LogP contribution in [0.3, 0.4) is 0 Å². The molecule has 0 fully saturated rings. The standard InChI is InChI=1S/C19H18ClN3O/c20-15-5-3-4-13(10-15)12-21-19(24)14-8-9-23-17-7-2-1-6-16(17)22-18(23)11-14/h1-7,10,14H,8-9,11-12H2,(H,21,24)/t14-/m0/s1. The number of para-hydroxylation sites is 2. The van der Waals surface area contributed by atoms with E-state index in [9.17, 15) is 4.79 Å². The summed E-state index contributed by atoms with van der Waals surface area (Å²) in [6, 6.07) is 15.7. The molecule has 0 radical (unpaired) electrons. The molecule has 1 aromatic heterocycles. The van der Waals surface area contributed by atoms with Gasteiger partial charge in [-0.25, -0.2) is 4.98 Å². The average molecular weight is 340 g/mol. The van der Waals surface area contributed by atoms with Crippen LogP contribution < -0.4 is 5.32 Å². The van der Waals surface area contributed by atoms with Crippen molar-refractivity contribution < 1.29 is 4.79 Å². The van der Waals surface area contributed by atoms with Crippen LogP contribution in [0.1, 0.15) is 17.8 Å². The fourth-order valence-corrected chi connectivity index (χ4v) is 3.56. The molecule has 1 N–H and O–H groups in total. The maximum Gasteiger partial charge on any atom is 0.223 e. The Bertz CT molecular complexity index is 903. The van der Waals surface area contributed by atoms with Crippen molar-refractivity contribution in [2.24, 2.45) is 5.92 Å². The summed E-state index contributed by atoms with van der Waals surface area (Å²) >= 11 is 5.98. The number of hydrogen-bond donors (Lipinski definition) is 1. The summed E-state index contributed by atoms with van der Waals surface area (Å²) < 4.78 is 2.23. The van der Waals surface area contributed by atoms with Crippen LogP contribution in [0.4, 0.5) is 0 Å². The number of aromatic nitrogens is 2. The summed E-state index contributed by atoms with van der Waals surface area (Å²) in [4.78, 5) is 17.2. The van der Waals surface area contributed by atoms with Gasteiger partial charge in [-0.15, -0.1) is 0 Å². The van der Waals surface area contributed by atoms with E-state index in [1.807, 2.05) is 42.5 Å². The second kappa shape index (κ2) is 6.29. The molecule has 4 nitrogen and oxygen atoms in total. The predicted molar refractivity (Wildman–Crippen MR) is 94.8 cm³/mol. The minimum atomic E-state index is -0.0199. The average Bonchev–Trinajstić information content (AvgIpc) is 2.97. The Hall–Kier alpha value is -2.33. The van der Waals surface area contributed by atoms with Gasteiger partial charge in [0.25, 0.3) is 0 Å². The van der Waals surface area contributed by atoms with Gasteiger partial charge in [0, 0.05) is 30.5 Å². The van der Waals surface area contributed by atoms with Crippen molar-refractivity contribution >= 4 is 28.5 Å². The Morgan fingerprint density at radius 2 is 2.12 bits per heavy atom. The number of hydrogen-bond acceptors (Lipinski definition) is 2. The van der Waals surface area contributed by atoms with Gasteiger partial charge in [0.2, 0.25) is 5.91 Å². The minimum absolute atomic E-state index is 0.0199. The first-order valence-corrected chi connectivity index (χ1v) is 8.55. The molecule has 0 bridgehead atoms. The quantitative estimate of drug-likeness (QED) is 0.793. The van der Waals surface area contributed by atoms with Crippen LogP contribution in [0.15, 0.2) is 48.5 Å². The van der Waals surface area contributed by atoms with E-state index in [1.54, 1.807) is 0 Å². The van der Waals surface area contributed by atoms with Crippen LogP contribution >= 0.6 is 11.6 Å². The SMILES string of the molecule is O=C(NCc1cccc(Cl)c1)[C@H]1CCn2c(nc3ccccc32)C1. The largest absolute Gasteiger partial charge is 0.352 e. The first kappa shape index (κ1) is 15.2. The number of nitrogens with zero attached hydrogens (tertiary/aromatic N) is 2. The van der Waals surface area contributed by atoms with Gasteiger partial charge in [-0.3, -0.25) is 4.79 Å². The molecule has 0 saturated heterocycles. The number of carbonyl (C=O) groups is 1. The number of halogens is 1. The molecule has 4 rings (SSSR count). The van der Waals surface area contributed by atoms with E-state index in [4.69, 9.17) is 11.6 Å². The first-order chi connectivity index (χ1) is 11.7. The Kier molecular flexibility index (Phi) is 3.98. The number of nitrogens with one attached hydrogen (secondary N) is 1. The number of imidazole rings is 1. The fraction of sp³-hybridized carbons (Fsp3) is 0.263. The lowest BCUT2D eigenvalue weighted by molar-refractivity contribution is -0.125. The normalized spacial score (nSPS) is 16.8. The van der Waals surface area contributed by atoms with Crippen molar-refractivity contribution in [3.8, 4) is 0 Å². The van der Waals surface area contributed by atoms with Gasteiger partial charge in [0.05, 0.1) is 11.0 Å². The zero-order chi connectivity index (χ0) is 16.5. The highest BCUT2D eigenvalue weighted by Crippen LogP contribution is 2.25. The molecule has 2 heterocycles.